The lowest BCUT2D eigenvalue weighted by atomic mass is 9.87. The van der Waals surface area contributed by atoms with Crippen molar-refractivity contribution in [3.05, 3.63) is 0 Å². The summed E-state index contributed by atoms with van der Waals surface area (Å²) in [5.41, 5.74) is 5.41. The average molecular weight is 244 g/mol. The van der Waals surface area contributed by atoms with E-state index in [9.17, 15) is 0 Å². The van der Waals surface area contributed by atoms with Gasteiger partial charge >= 0.3 is 0 Å². The quantitative estimate of drug-likeness (QED) is 0.429. The summed E-state index contributed by atoms with van der Waals surface area (Å²) in [4.78, 5) is 0. The van der Waals surface area contributed by atoms with Crippen LogP contribution in [0, 0.1) is 10.8 Å². The smallest absolute Gasteiger partial charge is 0.0963 e. The molecule has 0 aromatic rings. The van der Waals surface area contributed by atoms with Gasteiger partial charge in [0.15, 0.2) is 0 Å². The van der Waals surface area contributed by atoms with Crippen LogP contribution in [0.1, 0.15) is 40.0 Å². The molecule has 94 valence electrons. The van der Waals surface area contributed by atoms with Gasteiger partial charge in [0.25, 0.3) is 0 Å². The minimum Gasteiger partial charge on any atom is -0.387 e. The van der Waals surface area contributed by atoms with Gasteiger partial charge in [-0.2, -0.15) is 11.8 Å². The Bertz CT molecular complexity index is 243. The molecule has 2 atom stereocenters. The van der Waals surface area contributed by atoms with Gasteiger partial charge < -0.3 is 10.5 Å². The normalized spacial score (nSPS) is 25.9. The number of ether oxygens (including phenoxy) is 1. The van der Waals surface area contributed by atoms with Crippen molar-refractivity contribution in [1.29, 1.82) is 5.41 Å². The van der Waals surface area contributed by atoms with Gasteiger partial charge in [0.1, 0.15) is 0 Å². The summed E-state index contributed by atoms with van der Waals surface area (Å²) < 4.78 is 5.53. The SMILES string of the molecule is CC1OCCC1SCCCC(C)(C)C(=N)N. The molecule has 0 spiro atoms. The van der Waals surface area contributed by atoms with Gasteiger partial charge in [-0.3, -0.25) is 5.41 Å². The third-order valence-electron chi connectivity index (χ3n) is 3.31. The van der Waals surface area contributed by atoms with Crippen molar-refractivity contribution in [2.24, 2.45) is 11.1 Å². The molecule has 3 N–H and O–H groups in total. The molecule has 1 saturated heterocycles. The van der Waals surface area contributed by atoms with E-state index in [4.69, 9.17) is 15.9 Å². The summed E-state index contributed by atoms with van der Waals surface area (Å²) >= 11 is 2.01. The van der Waals surface area contributed by atoms with E-state index in [0.29, 0.717) is 17.2 Å². The molecule has 0 aliphatic carbocycles. The Kier molecular flexibility index (Phi) is 5.12. The lowest BCUT2D eigenvalue weighted by Gasteiger charge is -2.23. The number of rotatable bonds is 6. The minimum atomic E-state index is -0.141. The number of hydrogen-bond acceptors (Lipinski definition) is 3. The van der Waals surface area contributed by atoms with Crippen LogP contribution in [0.4, 0.5) is 0 Å². The summed E-state index contributed by atoms with van der Waals surface area (Å²) in [7, 11) is 0. The molecule has 0 saturated carbocycles. The van der Waals surface area contributed by atoms with Crippen LogP contribution >= 0.6 is 11.8 Å². The maximum atomic E-state index is 7.48. The zero-order valence-corrected chi connectivity index (χ0v) is 11.4. The fourth-order valence-electron chi connectivity index (χ4n) is 1.81. The monoisotopic (exact) mass is 244 g/mol. The standard InChI is InChI=1S/C12H24N2OS/c1-9-10(5-7-15-9)16-8-4-6-12(2,3)11(13)14/h9-10H,4-8H2,1-3H3,(H3,13,14). The maximum absolute atomic E-state index is 7.48. The first kappa shape index (κ1) is 13.8. The molecule has 1 aliphatic heterocycles. The van der Waals surface area contributed by atoms with Crippen LogP contribution in [0.15, 0.2) is 0 Å². The molecule has 4 heteroatoms. The molecule has 1 aliphatic rings. The Morgan fingerprint density at radius 2 is 2.25 bits per heavy atom. The first-order valence-corrected chi connectivity index (χ1v) is 7.06. The van der Waals surface area contributed by atoms with E-state index in [-0.39, 0.29) is 5.41 Å². The summed E-state index contributed by atoms with van der Waals surface area (Å²) in [5, 5.41) is 8.15. The lowest BCUT2D eigenvalue weighted by Crippen LogP contribution is -2.30. The average Bonchev–Trinajstić information content (AvgIpc) is 2.59. The highest BCUT2D eigenvalue weighted by molar-refractivity contribution is 7.99. The predicted octanol–water partition coefficient (Wildman–Crippen LogP) is 2.64. The molecular weight excluding hydrogens is 220 g/mol. The van der Waals surface area contributed by atoms with Crippen LogP contribution in [-0.2, 0) is 4.74 Å². The molecule has 0 radical (unpaired) electrons. The van der Waals surface area contributed by atoms with Crippen LogP contribution in [0.25, 0.3) is 0 Å². The summed E-state index contributed by atoms with van der Waals surface area (Å²) in [5.74, 6) is 1.45. The van der Waals surface area contributed by atoms with Crippen molar-refractivity contribution in [2.45, 2.75) is 51.4 Å². The largest absolute Gasteiger partial charge is 0.387 e. The second-order valence-corrected chi connectivity index (χ2v) is 6.52. The number of hydrogen-bond donors (Lipinski definition) is 2. The number of thioether (sulfide) groups is 1. The number of nitrogens with two attached hydrogens (primary N) is 1. The highest BCUT2D eigenvalue weighted by atomic mass is 32.2. The second kappa shape index (κ2) is 5.92. The first-order valence-electron chi connectivity index (χ1n) is 6.01. The van der Waals surface area contributed by atoms with Gasteiger partial charge in [0, 0.05) is 17.3 Å². The lowest BCUT2D eigenvalue weighted by molar-refractivity contribution is 0.127. The molecule has 3 nitrogen and oxygen atoms in total. The van der Waals surface area contributed by atoms with Gasteiger partial charge in [-0.1, -0.05) is 13.8 Å². The highest BCUT2D eigenvalue weighted by Crippen LogP contribution is 2.29. The van der Waals surface area contributed by atoms with Crippen LogP contribution in [-0.4, -0.2) is 29.5 Å². The number of nitrogens with one attached hydrogen (secondary N) is 1. The summed E-state index contributed by atoms with van der Waals surface area (Å²) in [6.45, 7) is 7.16. The van der Waals surface area contributed by atoms with Gasteiger partial charge in [-0.25, -0.2) is 0 Å². The van der Waals surface area contributed by atoms with Crippen molar-refractivity contribution < 1.29 is 4.74 Å². The van der Waals surface area contributed by atoms with Crippen LogP contribution in [0.5, 0.6) is 0 Å². The Morgan fingerprint density at radius 1 is 1.56 bits per heavy atom. The van der Waals surface area contributed by atoms with E-state index < -0.39 is 0 Å². The fourth-order valence-corrected chi connectivity index (χ4v) is 3.04. The molecule has 0 aromatic carbocycles. The van der Waals surface area contributed by atoms with Gasteiger partial charge in [0.2, 0.25) is 0 Å². The van der Waals surface area contributed by atoms with E-state index in [1.165, 1.54) is 6.42 Å². The second-order valence-electron chi connectivity index (χ2n) is 5.17. The molecule has 1 fully saturated rings. The van der Waals surface area contributed by atoms with E-state index in [0.717, 1.165) is 25.2 Å². The molecular formula is C12H24N2OS. The molecule has 16 heavy (non-hydrogen) atoms. The Hall–Kier alpha value is -0.220. The molecule has 0 bridgehead atoms. The van der Waals surface area contributed by atoms with Crippen molar-refractivity contribution in [1.82, 2.24) is 0 Å². The third kappa shape index (κ3) is 3.98. The van der Waals surface area contributed by atoms with E-state index in [1.54, 1.807) is 0 Å². The zero-order valence-electron chi connectivity index (χ0n) is 10.6. The zero-order chi connectivity index (χ0) is 12.2. The predicted molar refractivity (Wildman–Crippen MR) is 71.2 cm³/mol. The first-order chi connectivity index (χ1) is 7.43. The van der Waals surface area contributed by atoms with Gasteiger partial charge in [-0.05, 0) is 31.9 Å². The fraction of sp³-hybridized carbons (Fsp3) is 0.917. The Labute approximate surface area is 103 Å². The van der Waals surface area contributed by atoms with Crippen molar-refractivity contribution in [3.63, 3.8) is 0 Å². The molecule has 0 amide bonds. The number of amidine groups is 1. The van der Waals surface area contributed by atoms with Crippen LogP contribution in [0.2, 0.25) is 0 Å². The van der Waals surface area contributed by atoms with Crippen molar-refractivity contribution >= 4 is 17.6 Å². The summed E-state index contributed by atoms with van der Waals surface area (Å²) in [6, 6.07) is 0. The van der Waals surface area contributed by atoms with Crippen molar-refractivity contribution in [3.8, 4) is 0 Å². The molecule has 1 rings (SSSR count). The minimum absolute atomic E-state index is 0.141. The topological polar surface area (TPSA) is 59.1 Å². The Morgan fingerprint density at radius 3 is 2.75 bits per heavy atom. The summed E-state index contributed by atoms with van der Waals surface area (Å²) in [6.07, 6.45) is 3.71. The van der Waals surface area contributed by atoms with Crippen molar-refractivity contribution in [2.75, 3.05) is 12.4 Å². The molecule has 1 heterocycles. The van der Waals surface area contributed by atoms with Gasteiger partial charge in [-0.15, -0.1) is 0 Å². The molecule has 0 aromatic heterocycles. The van der Waals surface area contributed by atoms with Crippen LogP contribution in [0.3, 0.4) is 0 Å². The van der Waals surface area contributed by atoms with E-state index in [1.807, 2.05) is 25.6 Å². The van der Waals surface area contributed by atoms with Gasteiger partial charge in [0.05, 0.1) is 11.9 Å². The maximum Gasteiger partial charge on any atom is 0.0963 e. The Balaban J connectivity index is 2.14. The molecule has 2 unspecified atom stereocenters. The van der Waals surface area contributed by atoms with E-state index >= 15 is 0 Å². The van der Waals surface area contributed by atoms with Crippen LogP contribution < -0.4 is 5.73 Å². The third-order valence-corrected chi connectivity index (χ3v) is 4.89. The van der Waals surface area contributed by atoms with E-state index in [2.05, 4.69) is 6.92 Å². The highest BCUT2D eigenvalue weighted by Gasteiger charge is 2.25.